The summed E-state index contributed by atoms with van der Waals surface area (Å²) in [5.41, 5.74) is 2.51. The Morgan fingerprint density at radius 1 is 1.22 bits per heavy atom. The first kappa shape index (κ1) is 12.1. The largest absolute Gasteiger partial charge is 0.379 e. The van der Waals surface area contributed by atoms with Crippen LogP contribution in [0.5, 0.6) is 0 Å². The topological polar surface area (TPSA) is 54.0 Å². The van der Waals surface area contributed by atoms with Crippen LogP contribution in [-0.2, 0) is 6.54 Å². The quantitative estimate of drug-likeness (QED) is 0.861. The zero-order valence-electron chi connectivity index (χ0n) is 10.2. The van der Waals surface area contributed by atoms with Gasteiger partial charge in [-0.25, -0.2) is 0 Å². The van der Waals surface area contributed by atoms with Crippen molar-refractivity contribution in [1.29, 1.82) is 0 Å². The highest BCUT2D eigenvalue weighted by Gasteiger charge is 2.03. The molecule has 1 heterocycles. The zero-order chi connectivity index (χ0) is 12.8. The van der Waals surface area contributed by atoms with Crippen LogP contribution in [-0.4, -0.2) is 17.9 Å². The lowest BCUT2D eigenvalue weighted by atomic mass is 10.2. The smallest absolute Gasteiger partial charge is 0.251 e. The van der Waals surface area contributed by atoms with Gasteiger partial charge in [-0.2, -0.15) is 0 Å². The van der Waals surface area contributed by atoms with Crippen molar-refractivity contribution in [2.24, 2.45) is 0 Å². The van der Waals surface area contributed by atoms with E-state index in [1.54, 1.807) is 19.3 Å². The van der Waals surface area contributed by atoms with E-state index in [-0.39, 0.29) is 5.91 Å². The molecule has 0 fully saturated rings. The van der Waals surface area contributed by atoms with Gasteiger partial charge in [-0.15, -0.1) is 0 Å². The lowest BCUT2D eigenvalue weighted by Gasteiger charge is -2.07. The Morgan fingerprint density at radius 2 is 2.11 bits per heavy atom. The number of amides is 1. The normalized spacial score (nSPS) is 9.83. The third-order valence-electron chi connectivity index (χ3n) is 2.55. The monoisotopic (exact) mass is 241 g/mol. The van der Waals surface area contributed by atoms with Crippen LogP contribution in [0.25, 0.3) is 0 Å². The van der Waals surface area contributed by atoms with Gasteiger partial charge in [0.15, 0.2) is 0 Å². The van der Waals surface area contributed by atoms with E-state index in [2.05, 4.69) is 15.6 Å². The lowest BCUT2D eigenvalue weighted by molar-refractivity contribution is 0.0963. The molecule has 0 aliphatic rings. The van der Waals surface area contributed by atoms with Crippen LogP contribution in [0.2, 0.25) is 0 Å². The molecule has 1 aromatic heterocycles. The summed E-state index contributed by atoms with van der Waals surface area (Å²) < 4.78 is 0. The number of aromatic nitrogens is 1. The van der Waals surface area contributed by atoms with Crippen LogP contribution in [0.3, 0.4) is 0 Å². The summed E-state index contributed by atoms with van der Waals surface area (Å²) >= 11 is 0. The van der Waals surface area contributed by atoms with E-state index in [9.17, 15) is 4.79 Å². The number of benzene rings is 1. The number of carbonyl (C=O) groups is 1. The van der Waals surface area contributed by atoms with Gasteiger partial charge in [-0.3, -0.25) is 9.78 Å². The average molecular weight is 241 g/mol. The van der Waals surface area contributed by atoms with Gasteiger partial charge in [0.2, 0.25) is 0 Å². The number of rotatable bonds is 4. The summed E-state index contributed by atoms with van der Waals surface area (Å²) in [6.07, 6.45) is 1.76. The van der Waals surface area contributed by atoms with Crippen molar-refractivity contribution in [2.75, 3.05) is 12.4 Å². The number of hydrogen-bond acceptors (Lipinski definition) is 3. The molecule has 4 heteroatoms. The first-order chi connectivity index (χ1) is 8.79. The van der Waals surface area contributed by atoms with Crippen molar-refractivity contribution in [2.45, 2.75) is 6.54 Å². The molecule has 0 aliphatic heterocycles. The first-order valence-corrected chi connectivity index (χ1v) is 5.75. The summed E-state index contributed by atoms with van der Waals surface area (Å²) in [6, 6.07) is 13.2. The standard InChI is InChI=1S/C14H15N3O/c1-15-14(18)11-5-4-7-12(9-11)17-10-13-6-2-3-8-16-13/h2-9,17H,10H2,1H3,(H,15,18). The molecule has 0 aliphatic carbocycles. The molecule has 2 aromatic rings. The third-order valence-corrected chi connectivity index (χ3v) is 2.55. The molecular weight excluding hydrogens is 226 g/mol. The fourth-order valence-corrected chi connectivity index (χ4v) is 1.61. The van der Waals surface area contributed by atoms with E-state index in [1.807, 2.05) is 36.4 Å². The van der Waals surface area contributed by atoms with Gasteiger partial charge in [0.1, 0.15) is 0 Å². The van der Waals surface area contributed by atoms with E-state index in [4.69, 9.17) is 0 Å². The molecule has 0 saturated heterocycles. The van der Waals surface area contributed by atoms with Crippen molar-refractivity contribution < 1.29 is 4.79 Å². The molecule has 92 valence electrons. The molecule has 18 heavy (non-hydrogen) atoms. The van der Waals surface area contributed by atoms with Gasteiger partial charge in [-0.05, 0) is 30.3 Å². The van der Waals surface area contributed by atoms with Crippen molar-refractivity contribution >= 4 is 11.6 Å². The minimum atomic E-state index is -0.0866. The van der Waals surface area contributed by atoms with Crippen LogP contribution < -0.4 is 10.6 Å². The molecule has 2 N–H and O–H groups in total. The van der Waals surface area contributed by atoms with Gasteiger partial charge in [-0.1, -0.05) is 12.1 Å². The van der Waals surface area contributed by atoms with Gasteiger partial charge in [0, 0.05) is 24.5 Å². The molecule has 2 rings (SSSR count). The number of pyridine rings is 1. The minimum absolute atomic E-state index is 0.0866. The first-order valence-electron chi connectivity index (χ1n) is 5.75. The van der Waals surface area contributed by atoms with Gasteiger partial charge in [0.25, 0.3) is 5.91 Å². The van der Waals surface area contributed by atoms with Gasteiger partial charge < -0.3 is 10.6 Å². The lowest BCUT2D eigenvalue weighted by Crippen LogP contribution is -2.17. The maximum absolute atomic E-state index is 11.5. The predicted molar refractivity (Wildman–Crippen MR) is 71.4 cm³/mol. The second-order valence-corrected chi connectivity index (χ2v) is 3.83. The molecule has 1 aromatic carbocycles. The maximum atomic E-state index is 11.5. The molecule has 0 saturated carbocycles. The van der Waals surface area contributed by atoms with Crippen LogP contribution >= 0.6 is 0 Å². The fraction of sp³-hybridized carbons (Fsp3) is 0.143. The molecular formula is C14H15N3O. The number of hydrogen-bond donors (Lipinski definition) is 2. The summed E-state index contributed by atoms with van der Waals surface area (Å²) in [7, 11) is 1.62. The van der Waals surface area contributed by atoms with Crippen LogP contribution in [0, 0.1) is 0 Å². The maximum Gasteiger partial charge on any atom is 0.251 e. The Labute approximate surface area is 106 Å². The Morgan fingerprint density at radius 3 is 2.83 bits per heavy atom. The number of nitrogens with zero attached hydrogens (tertiary/aromatic N) is 1. The molecule has 1 amide bonds. The molecule has 0 radical (unpaired) electrons. The third kappa shape index (κ3) is 3.07. The Bertz CT molecular complexity index is 526. The van der Waals surface area contributed by atoms with Crippen molar-refractivity contribution in [1.82, 2.24) is 10.3 Å². The highest BCUT2D eigenvalue weighted by molar-refractivity contribution is 5.94. The molecule has 4 nitrogen and oxygen atoms in total. The van der Waals surface area contributed by atoms with E-state index >= 15 is 0 Å². The summed E-state index contributed by atoms with van der Waals surface area (Å²) in [5.74, 6) is -0.0866. The van der Waals surface area contributed by atoms with Crippen LogP contribution in [0.1, 0.15) is 16.1 Å². The second-order valence-electron chi connectivity index (χ2n) is 3.83. The van der Waals surface area contributed by atoms with E-state index in [1.165, 1.54) is 0 Å². The summed E-state index contributed by atoms with van der Waals surface area (Å²) in [6.45, 7) is 0.637. The van der Waals surface area contributed by atoms with E-state index in [0.717, 1.165) is 11.4 Å². The van der Waals surface area contributed by atoms with Crippen LogP contribution in [0.4, 0.5) is 5.69 Å². The van der Waals surface area contributed by atoms with Crippen molar-refractivity contribution in [3.05, 3.63) is 59.9 Å². The summed E-state index contributed by atoms with van der Waals surface area (Å²) in [5, 5.41) is 5.84. The van der Waals surface area contributed by atoms with Crippen molar-refractivity contribution in [3.63, 3.8) is 0 Å². The van der Waals surface area contributed by atoms with Gasteiger partial charge in [0.05, 0.1) is 12.2 Å². The molecule has 0 unspecified atom stereocenters. The SMILES string of the molecule is CNC(=O)c1cccc(NCc2ccccn2)c1. The molecule has 0 atom stereocenters. The minimum Gasteiger partial charge on any atom is -0.379 e. The number of anilines is 1. The van der Waals surface area contributed by atoms with E-state index < -0.39 is 0 Å². The second kappa shape index (κ2) is 5.82. The Kier molecular flexibility index (Phi) is 3.91. The Hall–Kier alpha value is -2.36. The van der Waals surface area contributed by atoms with Crippen LogP contribution in [0.15, 0.2) is 48.7 Å². The fourth-order valence-electron chi connectivity index (χ4n) is 1.61. The predicted octanol–water partition coefficient (Wildman–Crippen LogP) is 2.05. The van der Waals surface area contributed by atoms with Gasteiger partial charge >= 0.3 is 0 Å². The molecule has 0 spiro atoms. The molecule has 0 bridgehead atoms. The average Bonchev–Trinajstić information content (AvgIpc) is 2.45. The summed E-state index contributed by atoms with van der Waals surface area (Å²) in [4.78, 5) is 15.7. The number of nitrogens with one attached hydrogen (secondary N) is 2. The zero-order valence-corrected chi connectivity index (χ0v) is 10.2. The highest BCUT2D eigenvalue weighted by atomic mass is 16.1. The van der Waals surface area contributed by atoms with E-state index in [0.29, 0.717) is 12.1 Å². The number of carbonyl (C=O) groups excluding carboxylic acids is 1. The Balaban J connectivity index is 2.04. The van der Waals surface area contributed by atoms with Crippen molar-refractivity contribution in [3.8, 4) is 0 Å². The highest BCUT2D eigenvalue weighted by Crippen LogP contribution is 2.11.